The van der Waals surface area contributed by atoms with Gasteiger partial charge in [0.1, 0.15) is 6.33 Å². The Bertz CT molecular complexity index is 489. The molecule has 1 aromatic rings. The molecule has 0 unspecified atom stereocenters. The van der Waals surface area contributed by atoms with Gasteiger partial charge in [-0.15, -0.1) is 5.10 Å². The third kappa shape index (κ3) is 2.69. The molecule has 0 aromatic carbocycles. The summed E-state index contributed by atoms with van der Waals surface area (Å²) in [5.74, 6) is 0.699. The molecule has 20 heavy (non-hydrogen) atoms. The van der Waals surface area contributed by atoms with E-state index in [1.807, 2.05) is 4.90 Å². The Balaban J connectivity index is 1.67. The molecule has 2 atom stereocenters. The summed E-state index contributed by atoms with van der Waals surface area (Å²) in [4.78, 5) is 20.5. The molecule has 0 spiro atoms. The highest BCUT2D eigenvalue weighted by Crippen LogP contribution is 2.24. The zero-order valence-corrected chi connectivity index (χ0v) is 12.0. The van der Waals surface area contributed by atoms with E-state index in [1.54, 1.807) is 18.1 Å². The molecule has 2 saturated heterocycles. The molecule has 0 radical (unpaired) electrons. The van der Waals surface area contributed by atoms with Gasteiger partial charge >= 0.3 is 0 Å². The van der Waals surface area contributed by atoms with E-state index in [0.717, 1.165) is 32.7 Å². The number of hydrogen-bond donors (Lipinski definition) is 0. The van der Waals surface area contributed by atoms with Crippen molar-refractivity contribution in [3.05, 3.63) is 12.2 Å². The van der Waals surface area contributed by atoms with Gasteiger partial charge in [-0.05, 0) is 13.5 Å². The average molecular weight is 279 g/mol. The van der Waals surface area contributed by atoms with Crippen molar-refractivity contribution in [2.24, 2.45) is 13.0 Å². The van der Waals surface area contributed by atoms with Crippen LogP contribution in [0.25, 0.3) is 0 Å². The monoisotopic (exact) mass is 279 g/mol. The zero-order valence-electron chi connectivity index (χ0n) is 12.0. The Kier molecular flexibility index (Phi) is 3.71. The van der Waals surface area contributed by atoms with E-state index in [-0.39, 0.29) is 17.8 Å². The number of nitrogens with zero attached hydrogens (tertiary/aromatic N) is 5. The maximum Gasteiger partial charge on any atom is 0.293 e. The number of piperidine rings is 1. The summed E-state index contributed by atoms with van der Waals surface area (Å²) in [6.45, 7) is 4.16. The van der Waals surface area contributed by atoms with Crippen LogP contribution in [0.2, 0.25) is 0 Å². The van der Waals surface area contributed by atoms with Crippen molar-refractivity contribution in [3.63, 3.8) is 0 Å². The molecule has 0 N–H and O–H groups in total. The summed E-state index contributed by atoms with van der Waals surface area (Å²) in [6, 6.07) is 0. The highest BCUT2D eigenvalue weighted by atomic mass is 16.5. The summed E-state index contributed by atoms with van der Waals surface area (Å²) in [7, 11) is 3.89. The van der Waals surface area contributed by atoms with Crippen LogP contribution >= 0.6 is 0 Å². The van der Waals surface area contributed by atoms with Gasteiger partial charge in [0.05, 0.1) is 12.7 Å². The van der Waals surface area contributed by atoms with E-state index < -0.39 is 0 Å². The lowest BCUT2D eigenvalue weighted by Crippen LogP contribution is -2.49. The minimum Gasteiger partial charge on any atom is -0.375 e. The summed E-state index contributed by atoms with van der Waals surface area (Å²) in [5.41, 5.74) is 0. The topological polar surface area (TPSA) is 63.5 Å². The molecule has 0 aliphatic carbocycles. The van der Waals surface area contributed by atoms with Crippen LogP contribution in [-0.4, -0.2) is 76.4 Å². The van der Waals surface area contributed by atoms with Crippen LogP contribution in [0, 0.1) is 5.92 Å². The molecule has 2 aliphatic rings. The maximum atomic E-state index is 12.4. The van der Waals surface area contributed by atoms with E-state index in [4.69, 9.17) is 4.74 Å². The number of amides is 1. The highest BCUT2D eigenvalue weighted by molar-refractivity contribution is 5.90. The molecular formula is C13H21N5O2. The van der Waals surface area contributed by atoms with Gasteiger partial charge in [-0.1, -0.05) is 0 Å². The lowest BCUT2D eigenvalue weighted by molar-refractivity contribution is -0.0174. The standard InChI is InChI=1S/C13H21N5O2/c1-16-5-6-20-11-8-18(4-3-10(11)7-16)13(19)12-14-9-17(2)15-12/h9-11H,3-8H2,1-2H3/t10-,11-/m1/s1. The highest BCUT2D eigenvalue weighted by Gasteiger charge is 2.35. The van der Waals surface area contributed by atoms with Crippen LogP contribution in [0.4, 0.5) is 0 Å². The lowest BCUT2D eigenvalue weighted by Gasteiger charge is -2.37. The van der Waals surface area contributed by atoms with Crippen molar-refractivity contribution in [3.8, 4) is 0 Å². The van der Waals surface area contributed by atoms with E-state index in [2.05, 4.69) is 22.0 Å². The first-order chi connectivity index (χ1) is 9.63. The molecule has 110 valence electrons. The second-order valence-electron chi connectivity index (χ2n) is 5.71. The quantitative estimate of drug-likeness (QED) is 0.700. The zero-order chi connectivity index (χ0) is 14.1. The van der Waals surface area contributed by atoms with Crippen molar-refractivity contribution >= 4 is 5.91 Å². The number of aromatic nitrogens is 3. The van der Waals surface area contributed by atoms with Crippen LogP contribution in [0.5, 0.6) is 0 Å². The van der Waals surface area contributed by atoms with E-state index >= 15 is 0 Å². The first-order valence-electron chi connectivity index (χ1n) is 7.08. The van der Waals surface area contributed by atoms with Gasteiger partial charge in [0.25, 0.3) is 5.91 Å². The van der Waals surface area contributed by atoms with Gasteiger partial charge in [-0.3, -0.25) is 9.48 Å². The average Bonchev–Trinajstić information content (AvgIpc) is 2.77. The van der Waals surface area contributed by atoms with E-state index in [9.17, 15) is 4.79 Å². The molecule has 2 aliphatic heterocycles. The number of carbonyl (C=O) groups is 1. The van der Waals surface area contributed by atoms with Crippen molar-refractivity contribution < 1.29 is 9.53 Å². The largest absolute Gasteiger partial charge is 0.375 e. The second kappa shape index (κ2) is 5.49. The summed E-state index contributed by atoms with van der Waals surface area (Å²) < 4.78 is 7.47. The molecule has 0 bridgehead atoms. The van der Waals surface area contributed by atoms with Gasteiger partial charge < -0.3 is 14.5 Å². The van der Waals surface area contributed by atoms with Crippen LogP contribution in [0.15, 0.2) is 6.33 Å². The van der Waals surface area contributed by atoms with Crippen LogP contribution in [0.1, 0.15) is 17.0 Å². The third-order valence-electron chi connectivity index (χ3n) is 4.13. The summed E-state index contributed by atoms with van der Waals surface area (Å²) in [5, 5.41) is 4.09. The SMILES string of the molecule is CN1CCO[C@@H]2CN(C(=O)c3ncn(C)n3)CC[C@@H]2C1. The minimum absolute atomic E-state index is 0.0924. The Labute approximate surface area is 118 Å². The predicted octanol–water partition coefficient (Wildman–Crippen LogP) is -0.392. The van der Waals surface area contributed by atoms with Gasteiger partial charge in [-0.2, -0.15) is 0 Å². The van der Waals surface area contributed by atoms with Crippen molar-refractivity contribution in [1.29, 1.82) is 0 Å². The molecule has 3 rings (SSSR count). The fraction of sp³-hybridized carbons (Fsp3) is 0.769. The summed E-state index contributed by atoms with van der Waals surface area (Å²) >= 11 is 0. The predicted molar refractivity (Wildman–Crippen MR) is 72.3 cm³/mol. The van der Waals surface area contributed by atoms with Crippen LogP contribution in [0.3, 0.4) is 0 Å². The number of hydrogen-bond acceptors (Lipinski definition) is 5. The third-order valence-corrected chi connectivity index (χ3v) is 4.13. The van der Waals surface area contributed by atoms with Crippen molar-refractivity contribution in [2.75, 3.05) is 39.8 Å². The van der Waals surface area contributed by atoms with Crippen LogP contribution in [-0.2, 0) is 11.8 Å². The smallest absolute Gasteiger partial charge is 0.293 e. The minimum atomic E-state index is -0.0924. The Morgan fingerprint density at radius 2 is 2.20 bits per heavy atom. The molecule has 1 amide bonds. The van der Waals surface area contributed by atoms with Crippen LogP contribution < -0.4 is 0 Å². The number of aryl methyl sites for hydroxylation is 1. The Morgan fingerprint density at radius 3 is 2.95 bits per heavy atom. The number of likely N-dealkylation sites (tertiary alicyclic amines) is 1. The lowest BCUT2D eigenvalue weighted by atomic mass is 9.93. The number of ether oxygens (including phenoxy) is 1. The van der Waals surface area contributed by atoms with Gasteiger partial charge in [0.2, 0.25) is 5.82 Å². The van der Waals surface area contributed by atoms with E-state index in [1.165, 1.54) is 0 Å². The molecule has 3 heterocycles. The Hall–Kier alpha value is -1.47. The van der Waals surface area contributed by atoms with Gasteiger partial charge in [0, 0.05) is 39.1 Å². The van der Waals surface area contributed by atoms with Gasteiger partial charge in [0.15, 0.2) is 0 Å². The molecule has 7 nitrogen and oxygen atoms in total. The fourth-order valence-corrected chi connectivity index (χ4v) is 2.98. The van der Waals surface area contributed by atoms with Crippen molar-refractivity contribution in [1.82, 2.24) is 24.6 Å². The fourth-order valence-electron chi connectivity index (χ4n) is 2.98. The number of carbonyl (C=O) groups excluding carboxylic acids is 1. The van der Waals surface area contributed by atoms with Gasteiger partial charge in [-0.25, -0.2) is 4.98 Å². The number of rotatable bonds is 1. The molecule has 2 fully saturated rings. The second-order valence-corrected chi connectivity index (χ2v) is 5.71. The van der Waals surface area contributed by atoms with E-state index in [0.29, 0.717) is 12.5 Å². The van der Waals surface area contributed by atoms with Crippen molar-refractivity contribution in [2.45, 2.75) is 12.5 Å². The molecule has 0 saturated carbocycles. The molecule has 7 heteroatoms. The Morgan fingerprint density at radius 1 is 1.35 bits per heavy atom. The first-order valence-corrected chi connectivity index (χ1v) is 7.08. The summed E-state index contributed by atoms with van der Waals surface area (Å²) in [6.07, 6.45) is 2.67. The number of fused-ring (bicyclic) bond motifs is 1. The maximum absolute atomic E-state index is 12.4. The molecule has 1 aromatic heterocycles. The molecular weight excluding hydrogens is 258 g/mol. The first kappa shape index (κ1) is 13.5. The normalized spacial score (nSPS) is 28.0. The number of likely N-dealkylation sites (N-methyl/N-ethyl adjacent to an activating group) is 1.